The van der Waals surface area contributed by atoms with Gasteiger partial charge < -0.3 is 19.7 Å². The van der Waals surface area contributed by atoms with Gasteiger partial charge in [0.05, 0.1) is 5.92 Å². The van der Waals surface area contributed by atoms with Crippen LogP contribution in [-0.4, -0.2) is 30.9 Å². The summed E-state index contributed by atoms with van der Waals surface area (Å²) in [6, 6.07) is 20.5. The molecule has 1 heterocycles. The number of carbonyl (C=O) groups excluding carboxylic acids is 3. The number of hydrogen-bond donors (Lipinski definition) is 1. The molecule has 1 saturated heterocycles. The number of hydrogen-bond acceptors (Lipinski definition) is 5. The number of aryl methyl sites for hydroxylation is 1. The lowest BCUT2D eigenvalue weighted by atomic mass is 10.0. The van der Waals surface area contributed by atoms with Crippen molar-refractivity contribution in [2.24, 2.45) is 5.92 Å². The molecule has 3 aromatic carbocycles. The van der Waals surface area contributed by atoms with Crippen molar-refractivity contribution in [2.45, 2.75) is 33.1 Å². The molecule has 3 aromatic rings. The van der Waals surface area contributed by atoms with Crippen LogP contribution in [0.4, 0.5) is 11.4 Å². The second-order valence-electron chi connectivity index (χ2n) is 9.36. The average molecular weight is 565 g/mol. The standard InChI is InChI=1S/C29H29BrN2O5/c1-18(2)25-13-4-19(3)14-26(25)37-24-11-9-23(10-12-24)32-16-20(15-28(32)34)29(35)36-17-27(33)31-22-7-5-21(30)6-8-22/h4-14,18,20H,15-17H2,1-3H3,(H,31,33)/t20-/m1/s1. The van der Waals surface area contributed by atoms with E-state index in [1.54, 1.807) is 41.3 Å². The molecule has 0 spiro atoms. The first-order valence-electron chi connectivity index (χ1n) is 12.1. The van der Waals surface area contributed by atoms with Gasteiger partial charge in [0.2, 0.25) is 5.91 Å². The molecule has 0 aromatic heterocycles. The van der Waals surface area contributed by atoms with Crippen molar-refractivity contribution in [3.8, 4) is 11.5 Å². The van der Waals surface area contributed by atoms with E-state index in [0.29, 0.717) is 23.0 Å². The molecule has 2 amide bonds. The topological polar surface area (TPSA) is 84.9 Å². The van der Waals surface area contributed by atoms with Crippen LogP contribution >= 0.6 is 15.9 Å². The van der Waals surface area contributed by atoms with E-state index in [9.17, 15) is 14.4 Å². The van der Waals surface area contributed by atoms with Crippen molar-refractivity contribution in [3.05, 3.63) is 82.3 Å². The molecule has 1 fully saturated rings. The van der Waals surface area contributed by atoms with Gasteiger partial charge in [-0.25, -0.2) is 0 Å². The van der Waals surface area contributed by atoms with Gasteiger partial charge in [0, 0.05) is 28.8 Å². The minimum atomic E-state index is -0.634. The number of rotatable bonds is 8. The van der Waals surface area contributed by atoms with E-state index in [1.165, 1.54) is 0 Å². The fraction of sp³-hybridized carbons (Fsp3) is 0.276. The Balaban J connectivity index is 1.32. The van der Waals surface area contributed by atoms with Crippen LogP contribution in [-0.2, 0) is 19.1 Å². The van der Waals surface area contributed by atoms with Crippen LogP contribution < -0.4 is 15.0 Å². The highest BCUT2D eigenvalue weighted by Gasteiger charge is 2.36. The summed E-state index contributed by atoms with van der Waals surface area (Å²) in [6.45, 7) is 6.05. The van der Waals surface area contributed by atoms with Crippen molar-refractivity contribution in [1.29, 1.82) is 0 Å². The molecule has 37 heavy (non-hydrogen) atoms. The monoisotopic (exact) mass is 564 g/mol. The van der Waals surface area contributed by atoms with Crippen molar-refractivity contribution in [3.63, 3.8) is 0 Å². The molecule has 1 aliphatic rings. The molecule has 0 unspecified atom stereocenters. The molecule has 4 rings (SSSR count). The van der Waals surface area contributed by atoms with Gasteiger partial charge >= 0.3 is 5.97 Å². The quantitative estimate of drug-likeness (QED) is 0.329. The van der Waals surface area contributed by atoms with Crippen molar-refractivity contribution in [1.82, 2.24) is 0 Å². The van der Waals surface area contributed by atoms with Gasteiger partial charge in [-0.3, -0.25) is 14.4 Å². The van der Waals surface area contributed by atoms with Crippen LogP contribution in [0.15, 0.2) is 71.2 Å². The van der Waals surface area contributed by atoms with E-state index < -0.39 is 24.4 Å². The van der Waals surface area contributed by atoms with Gasteiger partial charge in [-0.05, 0) is 78.6 Å². The van der Waals surface area contributed by atoms with Crippen LogP contribution in [0, 0.1) is 12.8 Å². The highest BCUT2D eigenvalue weighted by atomic mass is 79.9. The summed E-state index contributed by atoms with van der Waals surface area (Å²) in [6.07, 6.45) is 0.0342. The molecule has 1 N–H and O–H groups in total. The number of benzene rings is 3. The van der Waals surface area contributed by atoms with Crippen LogP contribution in [0.2, 0.25) is 0 Å². The van der Waals surface area contributed by atoms with Crippen LogP contribution in [0.25, 0.3) is 0 Å². The molecular weight excluding hydrogens is 536 g/mol. The zero-order valence-corrected chi connectivity index (χ0v) is 22.6. The van der Waals surface area contributed by atoms with Crippen molar-refractivity contribution >= 4 is 45.1 Å². The predicted molar refractivity (Wildman–Crippen MR) is 146 cm³/mol. The maximum Gasteiger partial charge on any atom is 0.311 e. The number of carbonyl (C=O) groups is 3. The molecule has 8 heteroatoms. The lowest BCUT2D eigenvalue weighted by Gasteiger charge is -2.18. The van der Waals surface area contributed by atoms with Gasteiger partial charge in [0.25, 0.3) is 5.91 Å². The molecule has 0 radical (unpaired) electrons. The Hall–Kier alpha value is -3.65. The van der Waals surface area contributed by atoms with E-state index in [0.717, 1.165) is 21.3 Å². The third kappa shape index (κ3) is 6.77. The molecule has 1 atom stereocenters. The number of amides is 2. The van der Waals surface area contributed by atoms with Gasteiger partial charge in [-0.15, -0.1) is 0 Å². The van der Waals surface area contributed by atoms with Gasteiger partial charge in [0.15, 0.2) is 6.61 Å². The average Bonchev–Trinajstić information content (AvgIpc) is 3.26. The number of nitrogens with zero attached hydrogens (tertiary/aromatic N) is 1. The predicted octanol–water partition coefficient (Wildman–Crippen LogP) is 6.21. The van der Waals surface area contributed by atoms with E-state index in [-0.39, 0.29) is 18.9 Å². The normalized spacial score (nSPS) is 15.1. The summed E-state index contributed by atoms with van der Waals surface area (Å²) in [7, 11) is 0. The molecule has 1 aliphatic heterocycles. The number of halogens is 1. The Labute approximate surface area is 224 Å². The minimum Gasteiger partial charge on any atom is -0.457 e. The Morgan fingerprint density at radius 1 is 1.05 bits per heavy atom. The molecule has 7 nitrogen and oxygen atoms in total. The molecular formula is C29H29BrN2O5. The Morgan fingerprint density at radius 2 is 1.76 bits per heavy atom. The third-order valence-electron chi connectivity index (χ3n) is 6.10. The van der Waals surface area contributed by atoms with E-state index >= 15 is 0 Å². The summed E-state index contributed by atoms with van der Waals surface area (Å²) in [5, 5.41) is 2.67. The fourth-order valence-electron chi connectivity index (χ4n) is 4.13. The van der Waals surface area contributed by atoms with Crippen LogP contribution in [0.3, 0.4) is 0 Å². The third-order valence-corrected chi connectivity index (χ3v) is 6.63. The fourth-order valence-corrected chi connectivity index (χ4v) is 4.39. The first kappa shape index (κ1) is 26.4. The van der Waals surface area contributed by atoms with E-state index in [4.69, 9.17) is 9.47 Å². The van der Waals surface area contributed by atoms with Crippen molar-refractivity contribution in [2.75, 3.05) is 23.4 Å². The van der Waals surface area contributed by atoms with Gasteiger partial charge in [0.1, 0.15) is 11.5 Å². The van der Waals surface area contributed by atoms with Crippen LogP contribution in [0.1, 0.15) is 37.3 Å². The molecule has 192 valence electrons. The smallest absolute Gasteiger partial charge is 0.311 e. The lowest BCUT2D eigenvalue weighted by molar-refractivity contribution is -0.151. The number of anilines is 2. The Kier molecular flexibility index (Phi) is 8.28. The number of esters is 1. The summed E-state index contributed by atoms with van der Waals surface area (Å²) in [5.74, 6) is -0.0205. The Bertz CT molecular complexity index is 1290. The van der Waals surface area contributed by atoms with Gasteiger partial charge in [-0.1, -0.05) is 41.9 Å². The minimum absolute atomic E-state index is 0.0342. The maximum atomic E-state index is 12.6. The summed E-state index contributed by atoms with van der Waals surface area (Å²) >= 11 is 3.33. The van der Waals surface area contributed by atoms with E-state index in [2.05, 4.69) is 47.2 Å². The first-order valence-corrected chi connectivity index (χ1v) is 12.9. The first-order chi connectivity index (χ1) is 17.7. The van der Waals surface area contributed by atoms with Crippen LogP contribution in [0.5, 0.6) is 11.5 Å². The highest BCUT2D eigenvalue weighted by Crippen LogP contribution is 2.33. The largest absolute Gasteiger partial charge is 0.457 e. The second-order valence-corrected chi connectivity index (χ2v) is 10.3. The van der Waals surface area contributed by atoms with E-state index in [1.807, 2.05) is 25.1 Å². The zero-order valence-electron chi connectivity index (χ0n) is 21.0. The summed E-state index contributed by atoms with van der Waals surface area (Å²) in [4.78, 5) is 38.8. The zero-order chi connectivity index (χ0) is 26.5. The maximum absolute atomic E-state index is 12.6. The van der Waals surface area contributed by atoms with Gasteiger partial charge in [-0.2, -0.15) is 0 Å². The number of ether oxygens (including phenoxy) is 2. The molecule has 0 bridgehead atoms. The summed E-state index contributed by atoms with van der Waals surface area (Å²) in [5.41, 5.74) is 3.51. The lowest BCUT2D eigenvalue weighted by Crippen LogP contribution is -2.28. The Morgan fingerprint density at radius 3 is 2.43 bits per heavy atom. The SMILES string of the molecule is Cc1ccc(C(C)C)c(Oc2ccc(N3C[C@H](C(=O)OCC(=O)Nc4ccc(Br)cc4)CC3=O)cc2)c1. The highest BCUT2D eigenvalue weighted by molar-refractivity contribution is 9.10. The van der Waals surface area contributed by atoms with Crippen molar-refractivity contribution < 1.29 is 23.9 Å². The number of nitrogens with one attached hydrogen (secondary N) is 1. The molecule has 0 saturated carbocycles. The second kappa shape index (κ2) is 11.6. The molecule has 0 aliphatic carbocycles. The summed E-state index contributed by atoms with van der Waals surface area (Å²) < 4.78 is 12.2.